The molecular formula is C78H71Ir3N6-3. The van der Waals surface area contributed by atoms with E-state index in [-0.39, 0.29) is 73.2 Å². The largest absolute Gasteiger partial charge is 0.333 e. The smallest absolute Gasteiger partial charge is 0.0639 e. The molecule has 15 rings (SSSR count). The van der Waals surface area contributed by atoms with E-state index in [2.05, 4.69) is 254 Å². The Morgan fingerprint density at radius 2 is 0.701 bits per heavy atom. The Labute approximate surface area is 552 Å². The van der Waals surface area contributed by atoms with Crippen molar-refractivity contribution in [2.45, 2.75) is 96.9 Å². The van der Waals surface area contributed by atoms with Gasteiger partial charge in [0.25, 0.3) is 0 Å². The second kappa shape index (κ2) is 25.3. The summed E-state index contributed by atoms with van der Waals surface area (Å²) in [6.07, 6.45) is 7.09. The molecule has 0 amide bonds. The second-order valence-corrected chi connectivity index (χ2v) is 24.1. The molecule has 0 unspecified atom stereocenters. The quantitative estimate of drug-likeness (QED) is 0.130. The standard InChI is InChI=1S/C28H27N2.C25H21N2.C24H19N2.CH4.3Ir/c1-18-9-8-10-19(2)26(18)25-17-29-27-22-12-7-6-11-21(22)23-15-20(16-28(3,4)5)13-14-24(23)30(25)27;1-15-8-7-9-16(2)24(15)23-14-26-25-20-11-6-5-10-19(20)21-12-17(3)18(4)13-22(21)27(23)25;1-15-11-12-21-20(13-15)18-9-4-5-10-19(18)24-25-14-22(26(21)24)23-16(2)7-6-8-17(23)3;;;;/h6-11,13-15,17H,16H2,1-5H3;5-10,12-14H,1-4H3;4-9,11-14H,1-3H3;1H4;;;/q3*-1;;;;. The van der Waals surface area contributed by atoms with Gasteiger partial charge in [0.05, 0.1) is 34.0 Å². The van der Waals surface area contributed by atoms with Gasteiger partial charge in [-0.25, -0.2) is 0 Å². The van der Waals surface area contributed by atoms with Crippen LogP contribution in [0.2, 0.25) is 0 Å². The van der Waals surface area contributed by atoms with Crippen molar-refractivity contribution in [1.82, 2.24) is 28.2 Å². The van der Waals surface area contributed by atoms with Crippen LogP contribution >= 0.6 is 0 Å². The summed E-state index contributed by atoms with van der Waals surface area (Å²) in [5.74, 6) is 0. The number of imidazole rings is 3. The summed E-state index contributed by atoms with van der Waals surface area (Å²) in [5.41, 5.74) is 26.8. The molecule has 9 heteroatoms. The molecule has 87 heavy (non-hydrogen) atoms. The van der Waals surface area contributed by atoms with Crippen LogP contribution in [0, 0.1) is 85.9 Å². The van der Waals surface area contributed by atoms with Crippen LogP contribution in [0.5, 0.6) is 0 Å². The Balaban J connectivity index is 0.000000152. The maximum atomic E-state index is 4.87. The fourth-order valence-corrected chi connectivity index (χ4v) is 13.0. The van der Waals surface area contributed by atoms with Crippen LogP contribution in [0.15, 0.2) is 176 Å². The van der Waals surface area contributed by atoms with Crippen molar-refractivity contribution in [2.24, 2.45) is 5.41 Å². The van der Waals surface area contributed by atoms with Crippen molar-refractivity contribution >= 4 is 82.0 Å². The maximum absolute atomic E-state index is 4.87. The fourth-order valence-electron chi connectivity index (χ4n) is 13.0. The van der Waals surface area contributed by atoms with Gasteiger partial charge < -0.3 is 13.2 Å². The molecule has 6 aromatic heterocycles. The van der Waals surface area contributed by atoms with E-state index in [1.165, 1.54) is 121 Å². The number of aryl methyl sites for hydroxylation is 9. The molecule has 0 aliphatic heterocycles. The Bertz CT molecular complexity index is 5050. The molecule has 0 fully saturated rings. The van der Waals surface area contributed by atoms with E-state index in [0.717, 1.165) is 56.6 Å². The third kappa shape index (κ3) is 11.3. The SMILES string of the molecule is C.Cc1cc2c3ccc[c-]c3c3ncc(-c4c(C)cccc4C)n3c2cc1C.Cc1ccc2c(c1)c1ccc[c-]c1c1ncc(-c3c(C)cccc3C)n21.Cc1cccc(C)c1-c1cnc2c3[c-]cccc3c3cc(CC(C)(C)C)ccc3n12.[Ir].[Ir].[Ir]. The van der Waals surface area contributed by atoms with E-state index in [1.54, 1.807) is 0 Å². The third-order valence-electron chi connectivity index (χ3n) is 16.9. The first-order chi connectivity index (χ1) is 40.0. The van der Waals surface area contributed by atoms with E-state index >= 15 is 0 Å². The Morgan fingerprint density at radius 1 is 0.356 bits per heavy atom. The summed E-state index contributed by atoms with van der Waals surface area (Å²) >= 11 is 0. The number of aromatic nitrogens is 6. The Kier molecular flexibility index (Phi) is 18.7. The molecule has 0 N–H and O–H groups in total. The Hall–Kier alpha value is -7.44. The van der Waals surface area contributed by atoms with Crippen LogP contribution in [0.25, 0.3) is 116 Å². The van der Waals surface area contributed by atoms with Gasteiger partial charge in [-0.15, -0.1) is 89.0 Å². The normalized spacial score (nSPS) is 11.4. The minimum Gasteiger partial charge on any atom is -0.333 e. The van der Waals surface area contributed by atoms with Gasteiger partial charge in [-0.05, 0) is 159 Å². The molecule has 0 bridgehead atoms. The van der Waals surface area contributed by atoms with Crippen LogP contribution < -0.4 is 0 Å². The first kappa shape index (κ1) is 64.0. The predicted octanol–water partition coefficient (Wildman–Crippen LogP) is 20.3. The topological polar surface area (TPSA) is 51.9 Å². The van der Waals surface area contributed by atoms with Gasteiger partial charge in [-0.1, -0.05) is 135 Å². The number of benzene rings is 9. The van der Waals surface area contributed by atoms with Crippen LogP contribution in [-0.4, -0.2) is 28.2 Å². The van der Waals surface area contributed by atoms with E-state index in [4.69, 9.17) is 15.0 Å². The number of hydrogen-bond donors (Lipinski definition) is 0. The molecule has 0 aliphatic rings. The summed E-state index contributed by atoms with van der Waals surface area (Å²) in [5, 5.41) is 10.6. The fraction of sp³-hybridized carbons (Fsp3) is 0.192. The molecule has 6 nitrogen and oxygen atoms in total. The molecule has 15 aromatic rings. The molecule has 0 aliphatic carbocycles. The van der Waals surface area contributed by atoms with E-state index in [0.29, 0.717) is 0 Å². The summed E-state index contributed by atoms with van der Waals surface area (Å²) in [7, 11) is 0. The zero-order chi connectivity index (χ0) is 57.6. The van der Waals surface area contributed by atoms with E-state index in [1.807, 2.05) is 36.8 Å². The molecule has 443 valence electrons. The zero-order valence-electron chi connectivity index (χ0n) is 50.6. The van der Waals surface area contributed by atoms with Crippen molar-refractivity contribution < 1.29 is 60.3 Å². The molecular weight excluding hydrogens is 1600 g/mol. The number of pyridine rings is 3. The Morgan fingerprint density at radius 3 is 1.09 bits per heavy atom. The predicted molar refractivity (Wildman–Crippen MR) is 356 cm³/mol. The van der Waals surface area contributed by atoms with Gasteiger partial charge in [0, 0.05) is 112 Å². The average Bonchev–Trinajstić information content (AvgIpc) is 1.80. The van der Waals surface area contributed by atoms with Crippen molar-refractivity contribution in [3.8, 4) is 33.8 Å². The number of rotatable bonds is 4. The van der Waals surface area contributed by atoms with Crippen molar-refractivity contribution in [3.05, 3.63) is 250 Å². The second-order valence-electron chi connectivity index (χ2n) is 24.1. The first-order valence-electron chi connectivity index (χ1n) is 28.9. The van der Waals surface area contributed by atoms with Gasteiger partial charge in [-0.3, -0.25) is 15.0 Å². The van der Waals surface area contributed by atoms with Gasteiger partial charge in [0.1, 0.15) is 0 Å². The van der Waals surface area contributed by atoms with Gasteiger partial charge in [0.15, 0.2) is 0 Å². The minimum atomic E-state index is 0. The van der Waals surface area contributed by atoms with Gasteiger partial charge >= 0.3 is 0 Å². The van der Waals surface area contributed by atoms with Gasteiger partial charge in [-0.2, -0.15) is 0 Å². The van der Waals surface area contributed by atoms with Crippen LogP contribution in [-0.2, 0) is 66.7 Å². The molecule has 0 saturated carbocycles. The molecule has 0 saturated heterocycles. The van der Waals surface area contributed by atoms with Crippen LogP contribution in [0.4, 0.5) is 0 Å². The average molecular weight is 1670 g/mol. The minimum absolute atomic E-state index is 0. The summed E-state index contributed by atoms with van der Waals surface area (Å²) in [6.45, 7) is 26.4. The first-order valence-corrected chi connectivity index (χ1v) is 28.9. The van der Waals surface area contributed by atoms with Crippen molar-refractivity contribution in [2.75, 3.05) is 0 Å². The maximum Gasteiger partial charge on any atom is 0.0639 e. The molecule has 3 radical (unpaired) electrons. The molecule has 9 aromatic carbocycles. The summed E-state index contributed by atoms with van der Waals surface area (Å²) in [4.78, 5) is 14.5. The number of fused-ring (bicyclic) bond motifs is 18. The van der Waals surface area contributed by atoms with Crippen LogP contribution in [0.3, 0.4) is 0 Å². The molecule has 6 heterocycles. The van der Waals surface area contributed by atoms with Gasteiger partial charge in [0.2, 0.25) is 0 Å². The summed E-state index contributed by atoms with van der Waals surface area (Å²) < 4.78 is 6.93. The van der Waals surface area contributed by atoms with E-state index in [9.17, 15) is 0 Å². The number of hydrogen-bond acceptors (Lipinski definition) is 3. The van der Waals surface area contributed by atoms with E-state index < -0.39 is 0 Å². The zero-order valence-corrected chi connectivity index (χ0v) is 57.8. The summed E-state index contributed by atoms with van der Waals surface area (Å²) in [6, 6.07) is 66.5. The number of nitrogens with zero attached hydrogens (tertiary/aromatic N) is 6. The molecule has 0 atom stereocenters. The third-order valence-corrected chi connectivity index (χ3v) is 16.9. The van der Waals surface area contributed by atoms with Crippen molar-refractivity contribution in [3.63, 3.8) is 0 Å². The molecule has 0 spiro atoms. The monoisotopic (exact) mass is 1670 g/mol. The van der Waals surface area contributed by atoms with Crippen molar-refractivity contribution in [1.29, 1.82) is 0 Å². The van der Waals surface area contributed by atoms with Crippen LogP contribution in [0.1, 0.15) is 83.8 Å².